The summed E-state index contributed by atoms with van der Waals surface area (Å²) in [5, 5.41) is 4.26. The van der Waals surface area contributed by atoms with Gasteiger partial charge in [0.15, 0.2) is 0 Å². The molecule has 0 bridgehead atoms. The maximum atomic E-state index is 13.3. The van der Waals surface area contributed by atoms with Crippen LogP contribution in [-0.4, -0.2) is 9.55 Å². The molecule has 4 heteroatoms. The first-order valence-corrected chi connectivity index (χ1v) is 10.1. The predicted octanol–water partition coefficient (Wildman–Crippen LogP) is 4.69. The lowest BCUT2D eigenvalue weighted by Gasteiger charge is -2.22. The van der Waals surface area contributed by atoms with Crippen molar-refractivity contribution < 1.29 is 0 Å². The minimum atomic E-state index is -0.0174. The lowest BCUT2D eigenvalue weighted by atomic mass is 10.1. The third-order valence-corrected chi connectivity index (χ3v) is 5.19. The molecule has 146 valence electrons. The number of benzene rings is 3. The van der Waals surface area contributed by atoms with Crippen LogP contribution in [0.25, 0.3) is 10.9 Å². The van der Waals surface area contributed by atoms with Crippen molar-refractivity contribution in [3.05, 3.63) is 112 Å². The molecule has 0 fully saturated rings. The number of fused-ring (bicyclic) bond motifs is 1. The Kier molecular flexibility index (Phi) is 5.82. The normalized spacial score (nSPS) is 12.2. The molecule has 0 amide bonds. The van der Waals surface area contributed by atoms with Gasteiger partial charge in [0.2, 0.25) is 0 Å². The van der Waals surface area contributed by atoms with Gasteiger partial charge in [-0.15, -0.1) is 0 Å². The summed E-state index contributed by atoms with van der Waals surface area (Å²) in [6.45, 7) is 3.36. The van der Waals surface area contributed by atoms with E-state index in [4.69, 9.17) is 4.98 Å². The molecule has 1 atom stereocenters. The minimum absolute atomic E-state index is 0.00872. The molecule has 1 heterocycles. The Hall–Kier alpha value is -3.24. The van der Waals surface area contributed by atoms with Gasteiger partial charge in [-0.1, -0.05) is 79.7 Å². The summed E-state index contributed by atoms with van der Waals surface area (Å²) in [6.07, 6.45) is 0.840. The Morgan fingerprint density at radius 1 is 0.862 bits per heavy atom. The van der Waals surface area contributed by atoms with Crippen molar-refractivity contribution in [1.82, 2.24) is 14.9 Å². The fourth-order valence-electron chi connectivity index (χ4n) is 3.63. The maximum absolute atomic E-state index is 13.3. The van der Waals surface area contributed by atoms with Crippen LogP contribution in [0.5, 0.6) is 0 Å². The molecule has 3 aromatic carbocycles. The number of hydrogen-bond acceptors (Lipinski definition) is 3. The van der Waals surface area contributed by atoms with Crippen LogP contribution in [0.1, 0.15) is 36.3 Å². The first-order valence-electron chi connectivity index (χ1n) is 10.1. The van der Waals surface area contributed by atoms with Crippen LogP contribution in [-0.2, 0) is 13.1 Å². The second-order valence-corrected chi connectivity index (χ2v) is 7.19. The molecule has 0 aliphatic rings. The number of nitrogens with one attached hydrogen (secondary N) is 1. The molecule has 1 aromatic heterocycles. The molecule has 1 N–H and O–H groups in total. The van der Waals surface area contributed by atoms with Gasteiger partial charge in [0.1, 0.15) is 5.82 Å². The molecule has 4 rings (SSSR count). The molecular formula is C25H25N3O. The standard InChI is InChI=1S/C25H25N3O/c1-2-22(26-17-19-11-5-3-6-12-19)24-27-23-16-10-9-15-21(23)25(29)28(24)18-20-13-7-4-8-14-20/h3-16,22,26H,2,17-18H2,1H3/t22-/m0/s1. The summed E-state index contributed by atoms with van der Waals surface area (Å²) in [6, 6.07) is 27.9. The Morgan fingerprint density at radius 3 is 2.17 bits per heavy atom. The third-order valence-electron chi connectivity index (χ3n) is 5.19. The summed E-state index contributed by atoms with van der Waals surface area (Å²) < 4.78 is 1.82. The highest BCUT2D eigenvalue weighted by Gasteiger charge is 2.19. The van der Waals surface area contributed by atoms with Crippen molar-refractivity contribution in [2.75, 3.05) is 0 Å². The monoisotopic (exact) mass is 383 g/mol. The van der Waals surface area contributed by atoms with Gasteiger partial charge in [-0.05, 0) is 29.7 Å². The lowest BCUT2D eigenvalue weighted by molar-refractivity contribution is 0.466. The van der Waals surface area contributed by atoms with Crippen LogP contribution in [0.3, 0.4) is 0 Å². The van der Waals surface area contributed by atoms with E-state index in [1.54, 1.807) is 0 Å². The Labute approximate surface area is 170 Å². The van der Waals surface area contributed by atoms with Gasteiger partial charge in [-0.3, -0.25) is 9.36 Å². The van der Waals surface area contributed by atoms with E-state index in [9.17, 15) is 4.79 Å². The molecule has 0 spiro atoms. The van der Waals surface area contributed by atoms with E-state index in [0.29, 0.717) is 11.9 Å². The zero-order chi connectivity index (χ0) is 20.1. The largest absolute Gasteiger partial charge is 0.303 e. The molecule has 0 aliphatic carbocycles. The van der Waals surface area contributed by atoms with Crippen molar-refractivity contribution in [2.24, 2.45) is 0 Å². The molecule has 0 unspecified atom stereocenters. The first-order chi connectivity index (χ1) is 14.3. The molecular weight excluding hydrogens is 358 g/mol. The molecule has 0 saturated heterocycles. The topological polar surface area (TPSA) is 46.9 Å². The van der Waals surface area contributed by atoms with Crippen molar-refractivity contribution in [3.8, 4) is 0 Å². The number of hydrogen-bond donors (Lipinski definition) is 1. The van der Waals surface area contributed by atoms with Gasteiger partial charge in [0, 0.05) is 6.54 Å². The van der Waals surface area contributed by atoms with Crippen LogP contribution < -0.4 is 10.9 Å². The van der Waals surface area contributed by atoms with Gasteiger partial charge >= 0.3 is 0 Å². The van der Waals surface area contributed by atoms with Crippen molar-refractivity contribution in [1.29, 1.82) is 0 Å². The third kappa shape index (κ3) is 4.28. The molecule has 4 nitrogen and oxygen atoms in total. The van der Waals surface area contributed by atoms with Crippen LogP contribution in [0.2, 0.25) is 0 Å². The van der Waals surface area contributed by atoms with E-state index in [-0.39, 0.29) is 11.6 Å². The number of rotatable bonds is 7. The molecule has 29 heavy (non-hydrogen) atoms. The molecule has 0 radical (unpaired) electrons. The highest BCUT2D eigenvalue weighted by atomic mass is 16.1. The quantitative estimate of drug-likeness (QED) is 0.504. The zero-order valence-electron chi connectivity index (χ0n) is 16.6. The van der Waals surface area contributed by atoms with E-state index in [2.05, 4.69) is 24.4 Å². The smallest absolute Gasteiger partial charge is 0.261 e. The lowest BCUT2D eigenvalue weighted by Crippen LogP contribution is -2.32. The summed E-state index contributed by atoms with van der Waals surface area (Å²) in [5.74, 6) is 0.788. The van der Waals surface area contributed by atoms with E-state index >= 15 is 0 Å². The predicted molar refractivity (Wildman–Crippen MR) is 118 cm³/mol. The Bertz CT molecular complexity index is 1140. The highest BCUT2D eigenvalue weighted by Crippen LogP contribution is 2.19. The van der Waals surface area contributed by atoms with Crippen molar-refractivity contribution >= 4 is 10.9 Å². The van der Waals surface area contributed by atoms with Gasteiger partial charge < -0.3 is 5.32 Å². The fraction of sp³-hybridized carbons (Fsp3) is 0.200. The van der Waals surface area contributed by atoms with E-state index in [0.717, 1.165) is 29.9 Å². The maximum Gasteiger partial charge on any atom is 0.261 e. The fourth-order valence-corrected chi connectivity index (χ4v) is 3.63. The van der Waals surface area contributed by atoms with E-state index in [1.807, 2.05) is 77.4 Å². The molecule has 4 aromatic rings. The second kappa shape index (κ2) is 8.84. The summed E-state index contributed by atoms with van der Waals surface area (Å²) in [7, 11) is 0. The van der Waals surface area contributed by atoms with Crippen LogP contribution in [0.15, 0.2) is 89.7 Å². The van der Waals surface area contributed by atoms with Gasteiger partial charge in [-0.25, -0.2) is 4.98 Å². The highest BCUT2D eigenvalue weighted by molar-refractivity contribution is 5.77. The summed E-state index contributed by atoms with van der Waals surface area (Å²) in [4.78, 5) is 18.3. The van der Waals surface area contributed by atoms with Crippen LogP contribution in [0, 0.1) is 0 Å². The molecule has 0 saturated carbocycles. The van der Waals surface area contributed by atoms with Crippen molar-refractivity contribution in [2.45, 2.75) is 32.5 Å². The average molecular weight is 383 g/mol. The van der Waals surface area contributed by atoms with Gasteiger partial charge in [0.05, 0.1) is 23.5 Å². The average Bonchev–Trinajstić information content (AvgIpc) is 2.78. The van der Waals surface area contributed by atoms with Crippen LogP contribution >= 0.6 is 0 Å². The van der Waals surface area contributed by atoms with Crippen LogP contribution in [0.4, 0.5) is 0 Å². The van der Waals surface area contributed by atoms with Gasteiger partial charge in [-0.2, -0.15) is 0 Å². The Balaban J connectivity index is 1.75. The summed E-state index contributed by atoms with van der Waals surface area (Å²) >= 11 is 0. The number of aromatic nitrogens is 2. The number of para-hydroxylation sites is 1. The molecule has 0 aliphatic heterocycles. The second-order valence-electron chi connectivity index (χ2n) is 7.19. The van der Waals surface area contributed by atoms with E-state index in [1.165, 1.54) is 5.56 Å². The number of nitrogens with zero attached hydrogens (tertiary/aromatic N) is 2. The van der Waals surface area contributed by atoms with E-state index < -0.39 is 0 Å². The minimum Gasteiger partial charge on any atom is -0.303 e. The zero-order valence-corrected chi connectivity index (χ0v) is 16.6. The SMILES string of the molecule is CC[C@H](NCc1ccccc1)c1nc2ccccc2c(=O)n1Cc1ccccc1. The first kappa shape index (κ1) is 19.1. The summed E-state index contributed by atoms with van der Waals surface area (Å²) in [5.41, 5.74) is 3.06. The van der Waals surface area contributed by atoms with Gasteiger partial charge in [0.25, 0.3) is 5.56 Å². The Morgan fingerprint density at radius 2 is 1.48 bits per heavy atom. The van der Waals surface area contributed by atoms with Crippen molar-refractivity contribution in [3.63, 3.8) is 0 Å².